The molecular weight excluding hydrogens is 442 g/mol. The van der Waals surface area contributed by atoms with Gasteiger partial charge in [0.05, 0.1) is 13.2 Å². The molecule has 3 heterocycles. The van der Waals surface area contributed by atoms with Crippen molar-refractivity contribution in [2.24, 2.45) is 11.8 Å². The number of amides is 2. The number of nitrogens with one attached hydrogen (secondary N) is 1. The molecular formula is C28H37N3O4. The Morgan fingerprint density at radius 3 is 2.80 bits per heavy atom. The highest BCUT2D eigenvalue weighted by atomic mass is 16.5. The van der Waals surface area contributed by atoms with Crippen molar-refractivity contribution in [1.29, 1.82) is 0 Å². The SMILES string of the molecule is CCOc1ccc2c(O[C@@H]3C[C@H]4C(=O)NC/C=C\CC[C@@H](C)C[C@@H](C)CC(=O)N4C3)nccc2c1. The van der Waals surface area contributed by atoms with Crippen LogP contribution in [0.5, 0.6) is 11.6 Å². The quantitative estimate of drug-likeness (QED) is 0.653. The van der Waals surface area contributed by atoms with Gasteiger partial charge in [0.25, 0.3) is 0 Å². The van der Waals surface area contributed by atoms with Crippen molar-refractivity contribution in [3.63, 3.8) is 0 Å². The van der Waals surface area contributed by atoms with E-state index in [1.807, 2.05) is 37.3 Å². The Labute approximate surface area is 207 Å². The van der Waals surface area contributed by atoms with Crippen LogP contribution >= 0.6 is 0 Å². The van der Waals surface area contributed by atoms with Gasteiger partial charge in [-0.15, -0.1) is 0 Å². The van der Waals surface area contributed by atoms with E-state index in [-0.39, 0.29) is 23.8 Å². The lowest BCUT2D eigenvalue weighted by atomic mass is 9.91. The van der Waals surface area contributed by atoms with Gasteiger partial charge in [0.2, 0.25) is 17.7 Å². The van der Waals surface area contributed by atoms with Crippen molar-refractivity contribution in [1.82, 2.24) is 15.2 Å². The van der Waals surface area contributed by atoms with Gasteiger partial charge in [0.1, 0.15) is 17.9 Å². The van der Waals surface area contributed by atoms with Crippen LogP contribution in [-0.2, 0) is 9.59 Å². The number of benzene rings is 1. The van der Waals surface area contributed by atoms with Gasteiger partial charge in [0.15, 0.2) is 0 Å². The van der Waals surface area contributed by atoms with Crippen molar-refractivity contribution >= 4 is 22.6 Å². The van der Waals surface area contributed by atoms with Gasteiger partial charge in [-0.25, -0.2) is 4.98 Å². The van der Waals surface area contributed by atoms with Crippen LogP contribution in [0.1, 0.15) is 52.9 Å². The minimum Gasteiger partial charge on any atom is -0.494 e. The van der Waals surface area contributed by atoms with Crippen LogP contribution in [0, 0.1) is 11.8 Å². The fourth-order valence-electron chi connectivity index (χ4n) is 5.21. The molecule has 1 saturated heterocycles. The number of aromatic nitrogens is 1. The maximum Gasteiger partial charge on any atom is 0.243 e. The predicted octanol–water partition coefficient (Wildman–Crippen LogP) is 4.50. The molecule has 0 saturated carbocycles. The lowest BCUT2D eigenvalue weighted by Crippen LogP contribution is -2.46. The molecule has 35 heavy (non-hydrogen) atoms. The number of fused-ring (bicyclic) bond motifs is 2. The standard InChI is InChI=1S/C28H37N3O4/c1-4-34-22-9-10-24-21(16-22)11-13-30-28(24)35-23-17-25-27(33)29-12-7-5-6-8-19(2)14-20(3)15-26(32)31(25)18-23/h5,7,9-11,13,16,19-20,23,25H,4,6,8,12,14-15,17-18H2,1-3H3,(H,29,33)/b7-5-/t19-,20-,23-,25+/m1/s1. The second-order valence-electron chi connectivity index (χ2n) is 9.91. The molecule has 0 bridgehead atoms. The van der Waals surface area contributed by atoms with E-state index in [2.05, 4.69) is 30.2 Å². The molecule has 7 heteroatoms. The second-order valence-corrected chi connectivity index (χ2v) is 9.91. The van der Waals surface area contributed by atoms with Crippen LogP contribution in [0.25, 0.3) is 10.8 Å². The third-order valence-corrected chi connectivity index (χ3v) is 6.89. The zero-order valence-electron chi connectivity index (χ0n) is 21.0. The molecule has 0 spiro atoms. The molecule has 0 aliphatic carbocycles. The van der Waals surface area contributed by atoms with Crippen LogP contribution in [0.3, 0.4) is 0 Å². The summed E-state index contributed by atoms with van der Waals surface area (Å²) in [6, 6.07) is 7.21. The van der Waals surface area contributed by atoms with Crippen LogP contribution in [-0.4, -0.2) is 53.5 Å². The number of carbonyl (C=O) groups excluding carboxylic acids is 2. The largest absolute Gasteiger partial charge is 0.494 e. The van der Waals surface area contributed by atoms with Crippen LogP contribution < -0.4 is 14.8 Å². The van der Waals surface area contributed by atoms with Gasteiger partial charge >= 0.3 is 0 Å². The normalized spacial score (nSPS) is 27.1. The monoisotopic (exact) mass is 479 g/mol. The summed E-state index contributed by atoms with van der Waals surface area (Å²) >= 11 is 0. The number of allylic oxidation sites excluding steroid dienone is 1. The van der Waals surface area contributed by atoms with Crippen molar-refractivity contribution < 1.29 is 19.1 Å². The molecule has 4 rings (SSSR count). The Hall–Kier alpha value is -3.09. The number of carbonyl (C=O) groups is 2. The Balaban J connectivity index is 1.53. The molecule has 2 aliphatic heterocycles. The Morgan fingerprint density at radius 1 is 1.11 bits per heavy atom. The third kappa shape index (κ3) is 6.32. The lowest BCUT2D eigenvalue weighted by molar-refractivity contribution is -0.139. The Morgan fingerprint density at radius 2 is 1.97 bits per heavy atom. The number of ether oxygens (including phenoxy) is 2. The van der Waals surface area contributed by atoms with Crippen molar-refractivity contribution in [2.75, 3.05) is 19.7 Å². The molecule has 2 aliphatic rings. The summed E-state index contributed by atoms with van der Waals surface area (Å²) in [5.74, 6) is 2.04. The van der Waals surface area contributed by atoms with E-state index in [4.69, 9.17) is 9.47 Å². The molecule has 4 atom stereocenters. The molecule has 1 aromatic heterocycles. The number of hydrogen-bond donors (Lipinski definition) is 1. The molecule has 0 unspecified atom stereocenters. The number of rotatable bonds is 4. The highest BCUT2D eigenvalue weighted by Crippen LogP contribution is 2.31. The summed E-state index contributed by atoms with van der Waals surface area (Å²) in [5.41, 5.74) is 0. The van der Waals surface area contributed by atoms with E-state index in [1.54, 1.807) is 11.1 Å². The summed E-state index contributed by atoms with van der Waals surface area (Å²) in [6.07, 6.45) is 9.54. The predicted molar refractivity (Wildman–Crippen MR) is 136 cm³/mol. The Kier molecular flexibility index (Phi) is 8.26. The molecule has 188 valence electrons. The first-order chi connectivity index (χ1) is 16.9. The summed E-state index contributed by atoms with van der Waals surface area (Å²) < 4.78 is 11.9. The lowest BCUT2D eigenvalue weighted by Gasteiger charge is -2.26. The number of pyridine rings is 1. The molecule has 2 aromatic rings. The van der Waals surface area contributed by atoms with Gasteiger partial charge in [-0.3, -0.25) is 9.59 Å². The molecule has 1 N–H and O–H groups in total. The van der Waals surface area contributed by atoms with Gasteiger partial charge < -0.3 is 19.7 Å². The number of nitrogens with zero attached hydrogens (tertiary/aromatic N) is 2. The first-order valence-corrected chi connectivity index (χ1v) is 12.8. The first kappa shape index (κ1) is 25.0. The fourth-order valence-corrected chi connectivity index (χ4v) is 5.21. The molecule has 0 radical (unpaired) electrons. The summed E-state index contributed by atoms with van der Waals surface area (Å²) in [6.45, 7) is 7.79. The smallest absolute Gasteiger partial charge is 0.243 e. The van der Waals surface area contributed by atoms with E-state index in [1.165, 1.54) is 0 Å². The highest BCUT2D eigenvalue weighted by Gasteiger charge is 2.41. The van der Waals surface area contributed by atoms with Gasteiger partial charge in [-0.05, 0) is 67.7 Å². The minimum absolute atomic E-state index is 0.0239. The zero-order valence-corrected chi connectivity index (χ0v) is 21.0. The zero-order chi connectivity index (χ0) is 24.8. The third-order valence-electron chi connectivity index (χ3n) is 6.89. The molecule has 1 fully saturated rings. The van der Waals surface area contributed by atoms with E-state index in [9.17, 15) is 9.59 Å². The van der Waals surface area contributed by atoms with Crippen LogP contribution in [0.2, 0.25) is 0 Å². The summed E-state index contributed by atoms with van der Waals surface area (Å²) in [7, 11) is 0. The van der Waals surface area contributed by atoms with Gasteiger partial charge in [-0.1, -0.05) is 26.0 Å². The van der Waals surface area contributed by atoms with Crippen LogP contribution in [0.4, 0.5) is 0 Å². The second kappa shape index (κ2) is 11.6. The van der Waals surface area contributed by atoms with E-state index >= 15 is 0 Å². The summed E-state index contributed by atoms with van der Waals surface area (Å²) in [5, 5.41) is 4.83. The molecule has 2 amide bonds. The first-order valence-electron chi connectivity index (χ1n) is 12.8. The molecule has 1 aromatic carbocycles. The average Bonchev–Trinajstić information content (AvgIpc) is 3.25. The van der Waals surface area contributed by atoms with Crippen LogP contribution in [0.15, 0.2) is 42.6 Å². The summed E-state index contributed by atoms with van der Waals surface area (Å²) in [4.78, 5) is 32.5. The minimum atomic E-state index is -0.534. The van der Waals surface area contributed by atoms with E-state index in [0.29, 0.717) is 44.3 Å². The fraction of sp³-hybridized carbons (Fsp3) is 0.536. The Bertz CT molecular complexity index is 1070. The van der Waals surface area contributed by atoms with Crippen molar-refractivity contribution in [3.05, 3.63) is 42.6 Å². The maximum absolute atomic E-state index is 13.3. The average molecular weight is 480 g/mol. The highest BCUT2D eigenvalue weighted by molar-refractivity contribution is 5.89. The topological polar surface area (TPSA) is 80.8 Å². The maximum atomic E-state index is 13.3. The number of hydrogen-bond acceptors (Lipinski definition) is 5. The van der Waals surface area contributed by atoms with Crippen molar-refractivity contribution in [3.8, 4) is 11.6 Å². The van der Waals surface area contributed by atoms with Gasteiger partial charge in [-0.2, -0.15) is 0 Å². The van der Waals surface area contributed by atoms with Gasteiger partial charge in [0, 0.05) is 31.0 Å². The van der Waals surface area contributed by atoms with E-state index < -0.39 is 6.04 Å². The molecule has 7 nitrogen and oxygen atoms in total. The van der Waals surface area contributed by atoms with Crippen molar-refractivity contribution in [2.45, 2.75) is 65.0 Å². The van der Waals surface area contributed by atoms with E-state index in [0.717, 1.165) is 35.8 Å².